The Morgan fingerprint density at radius 3 is 2.68 bits per heavy atom. The third-order valence-corrected chi connectivity index (χ3v) is 5.04. The molecule has 1 saturated heterocycles. The van der Waals surface area contributed by atoms with Gasteiger partial charge in [0.25, 0.3) is 5.91 Å². The fourth-order valence-electron chi connectivity index (χ4n) is 3.58. The van der Waals surface area contributed by atoms with Gasteiger partial charge < -0.3 is 14.8 Å². The molecule has 7 heteroatoms. The summed E-state index contributed by atoms with van der Waals surface area (Å²) in [6.45, 7) is 2.39. The van der Waals surface area contributed by atoms with Crippen LogP contribution in [0.5, 0.6) is 0 Å². The highest BCUT2D eigenvalue weighted by atomic mass is 16.2. The second kappa shape index (κ2) is 8.21. The van der Waals surface area contributed by atoms with Gasteiger partial charge in [-0.15, -0.1) is 0 Å². The molecule has 4 rings (SSSR count). The van der Waals surface area contributed by atoms with Gasteiger partial charge in [-0.05, 0) is 37.1 Å². The molecule has 0 unspecified atom stereocenters. The number of amides is 2. The molecule has 0 bridgehead atoms. The van der Waals surface area contributed by atoms with Crippen LogP contribution in [0.15, 0.2) is 48.8 Å². The van der Waals surface area contributed by atoms with E-state index in [1.54, 1.807) is 24.5 Å². The number of fused-ring (bicyclic) bond motifs is 1. The van der Waals surface area contributed by atoms with Crippen molar-refractivity contribution in [2.75, 3.05) is 19.6 Å². The first-order valence-corrected chi connectivity index (χ1v) is 9.62. The van der Waals surface area contributed by atoms with E-state index in [0.717, 1.165) is 42.8 Å². The number of imidazole rings is 1. The summed E-state index contributed by atoms with van der Waals surface area (Å²) in [6.07, 6.45) is 5.87. The number of rotatable bonds is 6. The average molecular weight is 377 g/mol. The van der Waals surface area contributed by atoms with Crippen LogP contribution < -0.4 is 5.32 Å². The number of pyridine rings is 1. The number of benzene rings is 1. The lowest BCUT2D eigenvalue weighted by molar-refractivity contribution is -0.130. The first-order chi connectivity index (χ1) is 13.7. The van der Waals surface area contributed by atoms with Crippen LogP contribution in [-0.2, 0) is 17.8 Å². The van der Waals surface area contributed by atoms with E-state index >= 15 is 0 Å². The first kappa shape index (κ1) is 18.2. The van der Waals surface area contributed by atoms with Crippen molar-refractivity contribution >= 4 is 22.8 Å². The number of aromatic nitrogens is 3. The van der Waals surface area contributed by atoms with Gasteiger partial charge in [0, 0.05) is 38.4 Å². The van der Waals surface area contributed by atoms with Crippen LogP contribution in [0.25, 0.3) is 11.0 Å². The highest BCUT2D eigenvalue weighted by molar-refractivity contribution is 5.93. The highest BCUT2D eigenvalue weighted by Crippen LogP contribution is 2.18. The van der Waals surface area contributed by atoms with Crippen LogP contribution >= 0.6 is 0 Å². The van der Waals surface area contributed by atoms with Crippen LogP contribution in [-0.4, -0.2) is 50.9 Å². The predicted octanol–water partition coefficient (Wildman–Crippen LogP) is 2.03. The van der Waals surface area contributed by atoms with Crippen LogP contribution in [0.2, 0.25) is 0 Å². The summed E-state index contributed by atoms with van der Waals surface area (Å²) >= 11 is 0. The molecule has 7 nitrogen and oxygen atoms in total. The summed E-state index contributed by atoms with van der Waals surface area (Å²) in [7, 11) is 0. The number of nitrogens with zero attached hydrogens (tertiary/aromatic N) is 4. The molecular weight excluding hydrogens is 354 g/mol. The predicted molar refractivity (Wildman–Crippen MR) is 106 cm³/mol. The molecule has 144 valence electrons. The second-order valence-electron chi connectivity index (χ2n) is 6.94. The van der Waals surface area contributed by atoms with Gasteiger partial charge in [0.05, 0.1) is 16.6 Å². The zero-order chi connectivity index (χ0) is 19.3. The molecule has 0 spiro atoms. The fraction of sp³-hybridized carbons (Fsp3) is 0.333. The molecule has 28 heavy (non-hydrogen) atoms. The molecule has 0 saturated carbocycles. The van der Waals surface area contributed by atoms with Gasteiger partial charge in [0.15, 0.2) is 0 Å². The number of carbonyl (C=O) groups excluding carboxylic acids is 2. The van der Waals surface area contributed by atoms with Crippen LogP contribution in [0.4, 0.5) is 0 Å². The van der Waals surface area contributed by atoms with Gasteiger partial charge in [-0.3, -0.25) is 14.6 Å². The molecule has 1 aromatic carbocycles. The molecule has 1 fully saturated rings. The van der Waals surface area contributed by atoms with E-state index in [1.165, 1.54) is 0 Å². The monoisotopic (exact) mass is 377 g/mol. The maximum atomic E-state index is 12.7. The van der Waals surface area contributed by atoms with Crippen molar-refractivity contribution in [3.05, 3.63) is 60.2 Å². The Kier molecular flexibility index (Phi) is 5.32. The van der Waals surface area contributed by atoms with E-state index in [0.29, 0.717) is 18.5 Å². The van der Waals surface area contributed by atoms with Crippen molar-refractivity contribution in [1.29, 1.82) is 0 Å². The molecule has 1 aliphatic rings. The summed E-state index contributed by atoms with van der Waals surface area (Å²) in [5.74, 6) is 0.769. The van der Waals surface area contributed by atoms with Gasteiger partial charge in [-0.1, -0.05) is 12.1 Å². The number of carbonyl (C=O) groups is 2. The van der Waals surface area contributed by atoms with E-state index < -0.39 is 0 Å². The van der Waals surface area contributed by atoms with Gasteiger partial charge in [-0.25, -0.2) is 4.98 Å². The molecule has 2 aromatic heterocycles. The van der Waals surface area contributed by atoms with E-state index in [1.807, 2.05) is 33.7 Å². The first-order valence-electron chi connectivity index (χ1n) is 9.62. The Labute approximate surface area is 163 Å². The van der Waals surface area contributed by atoms with Crippen molar-refractivity contribution in [2.24, 2.45) is 0 Å². The van der Waals surface area contributed by atoms with Crippen molar-refractivity contribution in [2.45, 2.75) is 25.8 Å². The summed E-state index contributed by atoms with van der Waals surface area (Å²) in [5, 5.41) is 2.90. The molecule has 1 aliphatic heterocycles. The standard InChI is InChI=1S/C21H23N5O2/c27-20(25-12-3-4-13-25)15-26-18-8-2-1-7-17(18)24-19(26)9-11-23-21(28)16-6-5-10-22-14-16/h1-2,5-8,10,14H,3-4,9,11-13,15H2,(H,23,28). The lowest BCUT2D eigenvalue weighted by atomic mass is 10.2. The minimum atomic E-state index is -0.163. The molecule has 0 atom stereocenters. The number of nitrogens with one attached hydrogen (secondary N) is 1. The van der Waals surface area contributed by atoms with Crippen molar-refractivity contribution < 1.29 is 9.59 Å². The quantitative estimate of drug-likeness (QED) is 0.713. The van der Waals surface area contributed by atoms with E-state index in [2.05, 4.69) is 10.3 Å². The SMILES string of the molecule is O=C(NCCc1nc2ccccc2n1CC(=O)N1CCCC1)c1cccnc1. The summed E-state index contributed by atoms with van der Waals surface area (Å²) in [4.78, 5) is 35.5. The topological polar surface area (TPSA) is 80.1 Å². The number of hydrogen-bond donors (Lipinski definition) is 1. The van der Waals surface area contributed by atoms with E-state index in [9.17, 15) is 9.59 Å². The third kappa shape index (κ3) is 3.88. The molecule has 3 heterocycles. The maximum Gasteiger partial charge on any atom is 0.252 e. The molecule has 3 aromatic rings. The van der Waals surface area contributed by atoms with Gasteiger partial charge in [0.2, 0.25) is 5.91 Å². The lowest BCUT2D eigenvalue weighted by Crippen LogP contribution is -2.32. The molecule has 0 radical (unpaired) electrons. The number of para-hydroxylation sites is 2. The summed E-state index contributed by atoms with van der Waals surface area (Å²) in [5.41, 5.74) is 2.34. The highest BCUT2D eigenvalue weighted by Gasteiger charge is 2.20. The van der Waals surface area contributed by atoms with Crippen molar-refractivity contribution in [1.82, 2.24) is 24.8 Å². The Hall–Kier alpha value is -3.22. The molecule has 0 aliphatic carbocycles. The zero-order valence-electron chi connectivity index (χ0n) is 15.7. The number of likely N-dealkylation sites (tertiary alicyclic amines) is 1. The maximum absolute atomic E-state index is 12.7. The Morgan fingerprint density at radius 2 is 1.89 bits per heavy atom. The Morgan fingerprint density at radius 1 is 1.07 bits per heavy atom. The van der Waals surface area contributed by atoms with Crippen molar-refractivity contribution in [3.63, 3.8) is 0 Å². The molecular formula is C21H23N5O2. The minimum Gasteiger partial charge on any atom is -0.352 e. The summed E-state index contributed by atoms with van der Waals surface area (Å²) in [6, 6.07) is 11.3. The average Bonchev–Trinajstić information content (AvgIpc) is 3.38. The third-order valence-electron chi connectivity index (χ3n) is 5.04. The van der Waals surface area contributed by atoms with E-state index in [-0.39, 0.29) is 18.4 Å². The van der Waals surface area contributed by atoms with Gasteiger partial charge >= 0.3 is 0 Å². The van der Waals surface area contributed by atoms with E-state index in [4.69, 9.17) is 4.98 Å². The van der Waals surface area contributed by atoms with Gasteiger partial charge in [0.1, 0.15) is 12.4 Å². The largest absolute Gasteiger partial charge is 0.352 e. The second-order valence-corrected chi connectivity index (χ2v) is 6.94. The Bertz CT molecular complexity index is 977. The van der Waals surface area contributed by atoms with Crippen LogP contribution in [0.3, 0.4) is 0 Å². The normalized spacial score (nSPS) is 13.8. The fourth-order valence-corrected chi connectivity index (χ4v) is 3.58. The molecule has 1 N–H and O–H groups in total. The smallest absolute Gasteiger partial charge is 0.252 e. The molecule has 2 amide bonds. The summed E-state index contributed by atoms with van der Waals surface area (Å²) < 4.78 is 1.98. The van der Waals surface area contributed by atoms with Crippen LogP contribution in [0.1, 0.15) is 29.0 Å². The van der Waals surface area contributed by atoms with Crippen LogP contribution in [0, 0.1) is 0 Å². The number of hydrogen-bond acceptors (Lipinski definition) is 4. The zero-order valence-corrected chi connectivity index (χ0v) is 15.7. The Balaban J connectivity index is 1.48. The van der Waals surface area contributed by atoms with Gasteiger partial charge in [-0.2, -0.15) is 0 Å². The van der Waals surface area contributed by atoms with Crippen molar-refractivity contribution in [3.8, 4) is 0 Å². The lowest BCUT2D eigenvalue weighted by Gasteiger charge is -2.17. The minimum absolute atomic E-state index is 0.126.